The van der Waals surface area contributed by atoms with Crippen LogP contribution in [-0.4, -0.2) is 37.6 Å². The van der Waals surface area contributed by atoms with Crippen molar-refractivity contribution >= 4 is 50.9 Å². The third-order valence-corrected chi connectivity index (χ3v) is 5.81. The zero-order valence-corrected chi connectivity index (χ0v) is 17.1. The van der Waals surface area contributed by atoms with Crippen LogP contribution in [0.1, 0.15) is 15.2 Å². The Kier molecular flexibility index (Phi) is 6.85. The second-order valence-electron chi connectivity index (χ2n) is 6.15. The lowest BCUT2D eigenvalue weighted by atomic mass is 10.1. The van der Waals surface area contributed by atoms with Crippen molar-refractivity contribution in [1.29, 1.82) is 0 Å². The number of hydrogen-bond donors (Lipinski definition) is 1. The number of hydrogen-bond acceptors (Lipinski definition) is 6. The summed E-state index contributed by atoms with van der Waals surface area (Å²) < 4.78 is 10.7. The van der Waals surface area contributed by atoms with E-state index in [-0.39, 0.29) is 11.3 Å². The number of fused-ring (bicyclic) bond motifs is 1. The van der Waals surface area contributed by atoms with Crippen LogP contribution in [0.25, 0.3) is 10.1 Å². The fraction of sp³-hybridized carbons (Fsp3) is 0.190. The predicted octanol–water partition coefficient (Wildman–Crippen LogP) is 3.61. The first-order valence-corrected chi connectivity index (χ1v) is 9.94. The van der Waals surface area contributed by atoms with Gasteiger partial charge in [0.25, 0.3) is 5.91 Å². The molecule has 8 heteroatoms. The highest BCUT2D eigenvalue weighted by molar-refractivity contribution is 7.21. The van der Waals surface area contributed by atoms with E-state index in [1.165, 1.54) is 18.4 Å². The summed E-state index contributed by atoms with van der Waals surface area (Å²) in [6, 6.07) is 15.6. The molecule has 1 unspecified atom stereocenters. The van der Waals surface area contributed by atoms with Crippen molar-refractivity contribution in [2.45, 2.75) is 12.5 Å². The molecule has 0 saturated heterocycles. The van der Waals surface area contributed by atoms with E-state index in [0.717, 1.165) is 15.6 Å². The van der Waals surface area contributed by atoms with Gasteiger partial charge in [-0.1, -0.05) is 60.1 Å². The van der Waals surface area contributed by atoms with Gasteiger partial charge in [0, 0.05) is 16.5 Å². The number of carbonyl (C=O) groups excluding carboxylic acids is 3. The van der Waals surface area contributed by atoms with Crippen LogP contribution in [0.2, 0.25) is 5.02 Å². The maximum Gasteiger partial charge on any atom is 0.350 e. The van der Waals surface area contributed by atoms with E-state index >= 15 is 0 Å². The van der Waals surface area contributed by atoms with Crippen LogP contribution in [0, 0.1) is 0 Å². The van der Waals surface area contributed by atoms with Gasteiger partial charge in [-0.3, -0.25) is 4.79 Å². The van der Waals surface area contributed by atoms with Crippen molar-refractivity contribution in [3.63, 3.8) is 0 Å². The number of amides is 1. The summed E-state index contributed by atoms with van der Waals surface area (Å²) in [5.41, 5.74) is 0.859. The van der Waals surface area contributed by atoms with Crippen molar-refractivity contribution < 1.29 is 23.9 Å². The van der Waals surface area contributed by atoms with Crippen LogP contribution in [0.4, 0.5) is 0 Å². The molecule has 6 nitrogen and oxygen atoms in total. The number of halogens is 1. The van der Waals surface area contributed by atoms with Gasteiger partial charge < -0.3 is 14.8 Å². The molecule has 0 fully saturated rings. The molecule has 29 heavy (non-hydrogen) atoms. The Labute approximate surface area is 176 Å². The van der Waals surface area contributed by atoms with E-state index in [4.69, 9.17) is 21.1 Å². The maximum absolute atomic E-state index is 12.3. The molecular formula is C21H18ClNO5S. The summed E-state index contributed by atoms with van der Waals surface area (Å²) in [6.07, 6.45) is 0.259. The Hall–Kier alpha value is -2.90. The van der Waals surface area contributed by atoms with Gasteiger partial charge in [0.05, 0.1) is 12.1 Å². The summed E-state index contributed by atoms with van der Waals surface area (Å²) in [6.45, 7) is -0.536. The predicted molar refractivity (Wildman–Crippen MR) is 111 cm³/mol. The van der Waals surface area contributed by atoms with E-state index in [1.54, 1.807) is 0 Å². The molecule has 1 aromatic heterocycles. The molecule has 1 atom stereocenters. The summed E-state index contributed by atoms with van der Waals surface area (Å²) in [4.78, 5) is 36.8. The SMILES string of the molecule is COC(=O)C(Cc1ccccc1)NC(=O)COC(=O)c1sc2ccccc2c1Cl. The molecule has 3 aromatic rings. The van der Waals surface area contributed by atoms with E-state index in [9.17, 15) is 14.4 Å². The van der Waals surface area contributed by atoms with Crippen LogP contribution in [0.5, 0.6) is 0 Å². The van der Waals surface area contributed by atoms with Crippen molar-refractivity contribution in [3.05, 3.63) is 70.1 Å². The second kappa shape index (κ2) is 9.54. The average Bonchev–Trinajstić information content (AvgIpc) is 3.08. The van der Waals surface area contributed by atoms with Crippen LogP contribution >= 0.6 is 22.9 Å². The molecule has 0 radical (unpaired) electrons. The highest BCUT2D eigenvalue weighted by Gasteiger charge is 2.24. The Morgan fingerprint density at radius 2 is 1.76 bits per heavy atom. The largest absolute Gasteiger partial charge is 0.467 e. The van der Waals surface area contributed by atoms with Gasteiger partial charge >= 0.3 is 11.9 Å². The van der Waals surface area contributed by atoms with Crippen molar-refractivity contribution in [3.8, 4) is 0 Å². The minimum atomic E-state index is -0.887. The topological polar surface area (TPSA) is 81.7 Å². The molecule has 0 bridgehead atoms. The first kappa shape index (κ1) is 20.8. The van der Waals surface area contributed by atoms with Gasteiger partial charge in [0.2, 0.25) is 0 Å². The number of esters is 2. The Morgan fingerprint density at radius 1 is 1.07 bits per heavy atom. The fourth-order valence-electron chi connectivity index (χ4n) is 2.76. The lowest BCUT2D eigenvalue weighted by molar-refractivity contribution is -0.145. The standard InChI is InChI=1S/C21H18ClNO5S/c1-27-20(25)15(11-13-7-3-2-4-8-13)23-17(24)12-28-21(26)19-18(22)14-9-5-6-10-16(14)29-19/h2-10,15H,11-12H2,1H3,(H,23,24). The first-order chi connectivity index (χ1) is 14.0. The fourth-order valence-corrected chi connectivity index (χ4v) is 4.17. The third kappa shape index (κ3) is 5.13. The second-order valence-corrected chi connectivity index (χ2v) is 7.58. The van der Waals surface area contributed by atoms with E-state index in [2.05, 4.69) is 5.32 Å². The van der Waals surface area contributed by atoms with Crippen molar-refractivity contribution in [1.82, 2.24) is 5.32 Å². The number of thiophene rings is 1. The smallest absolute Gasteiger partial charge is 0.350 e. The number of methoxy groups -OCH3 is 1. The monoisotopic (exact) mass is 431 g/mol. The first-order valence-electron chi connectivity index (χ1n) is 8.75. The number of benzene rings is 2. The summed E-state index contributed by atoms with van der Waals surface area (Å²) in [7, 11) is 1.25. The average molecular weight is 432 g/mol. The molecule has 2 aromatic carbocycles. The van der Waals surface area contributed by atoms with Crippen molar-refractivity contribution in [2.24, 2.45) is 0 Å². The molecule has 1 N–H and O–H groups in total. The Morgan fingerprint density at radius 3 is 2.45 bits per heavy atom. The molecule has 150 valence electrons. The van der Waals surface area contributed by atoms with E-state index in [0.29, 0.717) is 5.02 Å². The summed E-state index contributed by atoms with van der Waals surface area (Å²) >= 11 is 7.45. The quantitative estimate of drug-likeness (QED) is 0.578. The normalized spacial score (nSPS) is 11.7. The van der Waals surface area contributed by atoms with E-state index in [1.807, 2.05) is 54.6 Å². The Balaban J connectivity index is 1.61. The minimum Gasteiger partial charge on any atom is -0.467 e. The number of carbonyl (C=O) groups is 3. The third-order valence-electron chi connectivity index (χ3n) is 4.16. The van der Waals surface area contributed by atoms with Crippen molar-refractivity contribution in [2.75, 3.05) is 13.7 Å². The molecule has 1 heterocycles. The molecule has 3 rings (SSSR count). The summed E-state index contributed by atoms with van der Waals surface area (Å²) in [5, 5.41) is 3.60. The van der Waals surface area contributed by atoms with Crippen LogP contribution in [0.3, 0.4) is 0 Å². The zero-order chi connectivity index (χ0) is 20.8. The highest BCUT2D eigenvalue weighted by atomic mass is 35.5. The number of rotatable bonds is 7. The number of ether oxygens (including phenoxy) is 2. The van der Waals surface area contributed by atoms with Crippen LogP contribution in [0.15, 0.2) is 54.6 Å². The molecule has 0 aliphatic heterocycles. The minimum absolute atomic E-state index is 0.231. The summed E-state index contributed by atoms with van der Waals surface area (Å²) in [5.74, 6) is -1.88. The van der Waals surface area contributed by atoms with Crippen LogP contribution in [-0.2, 0) is 25.5 Å². The van der Waals surface area contributed by atoms with E-state index < -0.39 is 30.5 Å². The Bertz CT molecular complexity index is 1030. The lowest BCUT2D eigenvalue weighted by Gasteiger charge is -2.16. The molecular weight excluding hydrogens is 414 g/mol. The van der Waals surface area contributed by atoms with Gasteiger partial charge in [-0.05, 0) is 11.6 Å². The van der Waals surface area contributed by atoms with Gasteiger partial charge in [0.1, 0.15) is 10.9 Å². The van der Waals surface area contributed by atoms with Gasteiger partial charge in [0.15, 0.2) is 6.61 Å². The number of nitrogens with one attached hydrogen (secondary N) is 1. The zero-order valence-electron chi connectivity index (χ0n) is 15.5. The molecule has 0 saturated carbocycles. The molecule has 1 amide bonds. The maximum atomic E-state index is 12.3. The lowest BCUT2D eigenvalue weighted by Crippen LogP contribution is -2.44. The molecule has 0 aliphatic rings. The van der Waals surface area contributed by atoms with Gasteiger partial charge in [-0.25, -0.2) is 9.59 Å². The molecule has 0 spiro atoms. The highest BCUT2D eigenvalue weighted by Crippen LogP contribution is 2.35. The molecule has 0 aliphatic carbocycles. The van der Waals surface area contributed by atoms with Gasteiger partial charge in [-0.2, -0.15) is 0 Å². The van der Waals surface area contributed by atoms with Gasteiger partial charge in [-0.15, -0.1) is 11.3 Å². The van der Waals surface area contributed by atoms with Crippen LogP contribution < -0.4 is 5.32 Å².